The summed E-state index contributed by atoms with van der Waals surface area (Å²) in [6.07, 6.45) is 0.350. The van der Waals surface area contributed by atoms with Crippen molar-refractivity contribution in [3.05, 3.63) is 53.6 Å². The molecule has 1 aliphatic heterocycles. The van der Waals surface area contributed by atoms with Gasteiger partial charge in [0.05, 0.1) is 12.2 Å². The minimum absolute atomic E-state index is 0.119. The van der Waals surface area contributed by atoms with Crippen LogP contribution < -0.4 is 15.4 Å². The summed E-state index contributed by atoms with van der Waals surface area (Å²) in [4.78, 5) is 12.5. The summed E-state index contributed by atoms with van der Waals surface area (Å²) in [5, 5.41) is 6.26. The highest BCUT2D eigenvalue weighted by Crippen LogP contribution is 2.29. The fourth-order valence-corrected chi connectivity index (χ4v) is 2.66. The number of carbonyl (C=O) groups excluding carboxylic acids is 1. The lowest BCUT2D eigenvalue weighted by molar-refractivity contribution is -0.122. The van der Waals surface area contributed by atoms with Crippen molar-refractivity contribution in [1.82, 2.24) is 0 Å². The maximum Gasteiger partial charge on any atom is 0.267 e. The Balaban J connectivity index is 1.77. The van der Waals surface area contributed by atoms with Crippen molar-refractivity contribution in [2.75, 3.05) is 17.2 Å². The summed E-state index contributed by atoms with van der Waals surface area (Å²) in [6, 6.07) is 13.7. The van der Waals surface area contributed by atoms with E-state index >= 15 is 0 Å². The van der Waals surface area contributed by atoms with Crippen LogP contribution in [0.15, 0.2) is 42.5 Å². The fourth-order valence-electron chi connectivity index (χ4n) is 2.66. The third-order valence-electron chi connectivity index (χ3n) is 3.91. The highest BCUT2D eigenvalue weighted by molar-refractivity contribution is 5.96. The van der Waals surface area contributed by atoms with Gasteiger partial charge >= 0.3 is 0 Å². The summed E-state index contributed by atoms with van der Waals surface area (Å²) in [5.41, 5.74) is 4.03. The van der Waals surface area contributed by atoms with E-state index in [2.05, 4.69) is 17.6 Å². The van der Waals surface area contributed by atoms with Crippen molar-refractivity contribution in [3.63, 3.8) is 0 Å². The van der Waals surface area contributed by atoms with Gasteiger partial charge in [-0.25, -0.2) is 0 Å². The van der Waals surface area contributed by atoms with E-state index in [-0.39, 0.29) is 5.91 Å². The number of benzene rings is 2. The highest BCUT2D eigenvalue weighted by atomic mass is 16.5. The van der Waals surface area contributed by atoms with Gasteiger partial charge in [0.25, 0.3) is 5.91 Å². The zero-order valence-electron chi connectivity index (χ0n) is 12.8. The van der Waals surface area contributed by atoms with Crippen molar-refractivity contribution >= 4 is 17.3 Å². The molecular formula is C18H20N2O2. The van der Waals surface area contributed by atoms with Crippen molar-refractivity contribution in [1.29, 1.82) is 0 Å². The Labute approximate surface area is 130 Å². The molecule has 114 valence electrons. The molecule has 2 aromatic carbocycles. The van der Waals surface area contributed by atoms with E-state index in [9.17, 15) is 4.79 Å². The molecule has 0 bridgehead atoms. The van der Waals surface area contributed by atoms with Crippen LogP contribution in [0.4, 0.5) is 11.4 Å². The van der Waals surface area contributed by atoms with Crippen molar-refractivity contribution in [3.8, 4) is 5.75 Å². The minimum atomic E-state index is -0.529. The van der Waals surface area contributed by atoms with E-state index in [1.807, 2.05) is 49.4 Å². The van der Waals surface area contributed by atoms with Crippen LogP contribution >= 0.6 is 0 Å². The summed E-state index contributed by atoms with van der Waals surface area (Å²) >= 11 is 0. The second-order valence-electron chi connectivity index (χ2n) is 5.44. The number of carbonyl (C=O) groups is 1. The lowest BCUT2D eigenvalue weighted by Gasteiger charge is -2.27. The average molecular weight is 296 g/mol. The average Bonchev–Trinajstić information content (AvgIpc) is 2.56. The molecule has 0 fully saturated rings. The van der Waals surface area contributed by atoms with Gasteiger partial charge in [0.1, 0.15) is 5.75 Å². The van der Waals surface area contributed by atoms with Gasteiger partial charge in [-0.15, -0.1) is 0 Å². The summed E-state index contributed by atoms with van der Waals surface area (Å²) in [7, 11) is 0. The third kappa shape index (κ3) is 2.77. The Morgan fingerprint density at radius 1 is 1.27 bits per heavy atom. The molecule has 2 N–H and O–H groups in total. The quantitative estimate of drug-likeness (QED) is 0.913. The number of fused-ring (bicyclic) bond motifs is 1. The molecule has 0 aliphatic carbocycles. The fraction of sp³-hybridized carbons (Fsp3) is 0.278. The number of amides is 1. The van der Waals surface area contributed by atoms with E-state index < -0.39 is 6.10 Å². The molecule has 1 atom stereocenters. The summed E-state index contributed by atoms with van der Waals surface area (Å²) in [5.74, 6) is 0.598. The van der Waals surface area contributed by atoms with Gasteiger partial charge in [-0.2, -0.15) is 0 Å². The molecule has 0 saturated heterocycles. The smallest absolute Gasteiger partial charge is 0.267 e. The SMILES string of the molecule is CCc1cccc(C)c1NC(=O)C1CNc2ccccc2O1. The first-order valence-corrected chi connectivity index (χ1v) is 7.58. The van der Waals surface area contributed by atoms with Crippen LogP contribution in [0.5, 0.6) is 5.75 Å². The van der Waals surface area contributed by atoms with Crippen LogP contribution in [0.25, 0.3) is 0 Å². The largest absolute Gasteiger partial charge is 0.477 e. The van der Waals surface area contributed by atoms with Crippen LogP contribution in [-0.4, -0.2) is 18.6 Å². The van der Waals surface area contributed by atoms with Gasteiger partial charge in [-0.1, -0.05) is 37.3 Å². The molecule has 0 aromatic heterocycles. The van der Waals surface area contributed by atoms with Crippen molar-refractivity contribution in [2.24, 2.45) is 0 Å². The number of ether oxygens (including phenoxy) is 1. The predicted octanol–water partition coefficient (Wildman–Crippen LogP) is 3.37. The number of rotatable bonds is 3. The molecule has 1 amide bonds. The Kier molecular flexibility index (Phi) is 4.00. The Morgan fingerprint density at radius 3 is 2.91 bits per heavy atom. The first kappa shape index (κ1) is 14.4. The molecule has 2 aromatic rings. The second-order valence-corrected chi connectivity index (χ2v) is 5.44. The van der Waals surface area contributed by atoms with Gasteiger partial charge in [0.15, 0.2) is 6.10 Å². The van der Waals surface area contributed by atoms with Crippen molar-refractivity contribution in [2.45, 2.75) is 26.4 Å². The zero-order chi connectivity index (χ0) is 15.5. The van der Waals surface area contributed by atoms with Gasteiger partial charge in [-0.3, -0.25) is 4.79 Å². The molecule has 3 rings (SSSR count). The number of hydrogen-bond acceptors (Lipinski definition) is 3. The Bertz CT molecular complexity index is 697. The number of aryl methyl sites for hydroxylation is 2. The first-order valence-electron chi connectivity index (χ1n) is 7.58. The maximum atomic E-state index is 12.5. The first-order chi connectivity index (χ1) is 10.7. The molecule has 0 saturated carbocycles. The second kappa shape index (κ2) is 6.10. The molecule has 4 nitrogen and oxygen atoms in total. The molecule has 22 heavy (non-hydrogen) atoms. The van der Waals surface area contributed by atoms with E-state index in [0.29, 0.717) is 6.54 Å². The lowest BCUT2D eigenvalue weighted by atomic mass is 10.1. The van der Waals surface area contributed by atoms with Gasteiger partial charge in [0, 0.05) is 5.69 Å². The molecule has 4 heteroatoms. The molecule has 1 aliphatic rings. The molecule has 1 unspecified atom stereocenters. The normalized spacial score (nSPS) is 16.2. The van der Waals surface area contributed by atoms with Crippen LogP contribution in [0.1, 0.15) is 18.1 Å². The number of para-hydroxylation sites is 3. The van der Waals surface area contributed by atoms with Gasteiger partial charge in [0.2, 0.25) is 0 Å². The number of nitrogens with one attached hydrogen (secondary N) is 2. The van der Waals surface area contributed by atoms with Crippen LogP contribution in [-0.2, 0) is 11.2 Å². The van der Waals surface area contributed by atoms with Gasteiger partial charge < -0.3 is 15.4 Å². The molecule has 0 radical (unpaired) electrons. The van der Waals surface area contributed by atoms with Crippen LogP contribution in [0, 0.1) is 6.92 Å². The van der Waals surface area contributed by atoms with E-state index in [1.54, 1.807) is 0 Å². The van der Waals surface area contributed by atoms with Crippen LogP contribution in [0.3, 0.4) is 0 Å². The number of anilines is 2. The lowest BCUT2D eigenvalue weighted by Crippen LogP contribution is -2.41. The predicted molar refractivity (Wildman–Crippen MR) is 88.5 cm³/mol. The summed E-state index contributed by atoms with van der Waals surface area (Å²) in [6.45, 7) is 4.56. The van der Waals surface area contributed by atoms with Gasteiger partial charge in [-0.05, 0) is 36.6 Å². The van der Waals surface area contributed by atoms with E-state index in [0.717, 1.165) is 34.7 Å². The monoisotopic (exact) mass is 296 g/mol. The molecule has 0 spiro atoms. The van der Waals surface area contributed by atoms with Crippen LogP contribution in [0.2, 0.25) is 0 Å². The third-order valence-corrected chi connectivity index (χ3v) is 3.91. The Hall–Kier alpha value is -2.49. The topological polar surface area (TPSA) is 50.4 Å². The minimum Gasteiger partial charge on any atom is -0.477 e. The zero-order valence-corrected chi connectivity index (χ0v) is 12.8. The maximum absolute atomic E-state index is 12.5. The van der Waals surface area contributed by atoms with Crippen molar-refractivity contribution < 1.29 is 9.53 Å². The van der Waals surface area contributed by atoms with E-state index in [1.165, 1.54) is 0 Å². The highest BCUT2D eigenvalue weighted by Gasteiger charge is 2.26. The molecule has 1 heterocycles. The standard InChI is InChI=1S/C18H20N2O2/c1-3-13-8-6-7-12(2)17(13)20-18(21)16-11-19-14-9-4-5-10-15(14)22-16/h4-10,16,19H,3,11H2,1-2H3,(H,20,21). The molecular weight excluding hydrogens is 276 g/mol. The summed E-state index contributed by atoms with van der Waals surface area (Å²) < 4.78 is 5.80. The number of hydrogen-bond donors (Lipinski definition) is 2. The Morgan fingerprint density at radius 2 is 2.09 bits per heavy atom. The van der Waals surface area contributed by atoms with E-state index in [4.69, 9.17) is 4.74 Å².